The summed E-state index contributed by atoms with van der Waals surface area (Å²) in [6.07, 6.45) is 1.82. The summed E-state index contributed by atoms with van der Waals surface area (Å²) in [7, 11) is -3.36. The van der Waals surface area contributed by atoms with Crippen LogP contribution in [-0.4, -0.2) is 20.5 Å². The van der Waals surface area contributed by atoms with Gasteiger partial charge in [0.15, 0.2) is 0 Å². The predicted molar refractivity (Wildman–Crippen MR) is 81.0 cm³/mol. The number of thiophene rings is 1. The lowest BCUT2D eigenvalue weighted by atomic mass is 10.2. The van der Waals surface area contributed by atoms with Crippen molar-refractivity contribution in [2.45, 2.75) is 63.4 Å². The summed E-state index contributed by atoms with van der Waals surface area (Å²) in [5.41, 5.74) is 0. The number of nitrogens with one attached hydrogen (secondary N) is 2. The molecule has 0 saturated carbocycles. The van der Waals surface area contributed by atoms with E-state index in [9.17, 15) is 8.42 Å². The number of rotatable bonds is 8. The minimum atomic E-state index is -3.36. The SMILES string of the molecule is CCCC(C)NS(=O)(=O)c1ccc(CNC(C)C)s1. The van der Waals surface area contributed by atoms with Crippen molar-refractivity contribution in [1.82, 2.24) is 10.0 Å². The molecule has 0 aromatic carbocycles. The molecular weight excluding hydrogens is 280 g/mol. The monoisotopic (exact) mass is 304 g/mol. The molecule has 110 valence electrons. The van der Waals surface area contributed by atoms with Crippen molar-refractivity contribution in [3.05, 3.63) is 17.0 Å². The molecule has 0 spiro atoms. The van der Waals surface area contributed by atoms with Crippen LogP contribution in [0.4, 0.5) is 0 Å². The Kier molecular flexibility index (Phi) is 6.46. The number of sulfonamides is 1. The third kappa shape index (κ3) is 5.60. The fraction of sp³-hybridized carbons (Fsp3) is 0.692. The van der Waals surface area contributed by atoms with E-state index >= 15 is 0 Å². The van der Waals surface area contributed by atoms with Gasteiger partial charge in [-0.05, 0) is 25.5 Å². The van der Waals surface area contributed by atoms with Gasteiger partial charge in [-0.3, -0.25) is 0 Å². The van der Waals surface area contributed by atoms with Crippen molar-refractivity contribution < 1.29 is 8.42 Å². The molecule has 0 fully saturated rings. The highest BCUT2D eigenvalue weighted by molar-refractivity contribution is 7.91. The smallest absolute Gasteiger partial charge is 0.250 e. The molecule has 1 heterocycles. The molecule has 0 radical (unpaired) electrons. The maximum absolute atomic E-state index is 12.1. The molecule has 1 unspecified atom stereocenters. The van der Waals surface area contributed by atoms with Crippen molar-refractivity contribution in [2.24, 2.45) is 0 Å². The largest absolute Gasteiger partial charge is 0.310 e. The number of hydrogen-bond acceptors (Lipinski definition) is 4. The van der Waals surface area contributed by atoms with Crippen LogP contribution in [0.3, 0.4) is 0 Å². The molecule has 0 aliphatic carbocycles. The van der Waals surface area contributed by atoms with Crippen molar-refractivity contribution >= 4 is 21.4 Å². The predicted octanol–water partition coefficient (Wildman–Crippen LogP) is 2.71. The minimum Gasteiger partial charge on any atom is -0.310 e. The summed E-state index contributed by atoms with van der Waals surface area (Å²) in [4.78, 5) is 1.04. The topological polar surface area (TPSA) is 58.2 Å². The molecular formula is C13H24N2O2S2. The fourth-order valence-electron chi connectivity index (χ4n) is 1.72. The summed E-state index contributed by atoms with van der Waals surface area (Å²) >= 11 is 1.33. The summed E-state index contributed by atoms with van der Waals surface area (Å²) in [6.45, 7) is 8.79. The van der Waals surface area contributed by atoms with Crippen LogP contribution < -0.4 is 10.0 Å². The maximum Gasteiger partial charge on any atom is 0.250 e. The van der Waals surface area contributed by atoms with Gasteiger partial charge in [-0.1, -0.05) is 27.2 Å². The van der Waals surface area contributed by atoms with Gasteiger partial charge in [0.1, 0.15) is 4.21 Å². The average Bonchev–Trinajstić information content (AvgIpc) is 2.75. The second kappa shape index (κ2) is 7.38. The molecule has 1 aromatic heterocycles. The quantitative estimate of drug-likeness (QED) is 0.776. The highest BCUT2D eigenvalue weighted by Crippen LogP contribution is 2.22. The van der Waals surface area contributed by atoms with E-state index in [2.05, 4.69) is 23.9 Å². The van der Waals surface area contributed by atoms with E-state index in [1.54, 1.807) is 6.07 Å². The molecule has 0 saturated heterocycles. The van der Waals surface area contributed by atoms with Crippen LogP contribution in [0, 0.1) is 0 Å². The van der Waals surface area contributed by atoms with Crippen LogP contribution in [0.5, 0.6) is 0 Å². The maximum atomic E-state index is 12.1. The normalized spacial score (nSPS) is 13.9. The van der Waals surface area contributed by atoms with Gasteiger partial charge in [0, 0.05) is 23.5 Å². The zero-order valence-corrected chi connectivity index (χ0v) is 13.7. The van der Waals surface area contributed by atoms with Gasteiger partial charge < -0.3 is 5.32 Å². The first-order valence-electron chi connectivity index (χ1n) is 6.69. The zero-order chi connectivity index (χ0) is 14.5. The molecule has 0 aliphatic heterocycles. The Morgan fingerprint density at radius 2 is 1.95 bits per heavy atom. The second-order valence-corrected chi connectivity index (χ2v) is 8.18. The lowest BCUT2D eigenvalue weighted by molar-refractivity contribution is 0.545. The van der Waals surface area contributed by atoms with Gasteiger partial charge in [0.25, 0.3) is 0 Å². The highest BCUT2D eigenvalue weighted by atomic mass is 32.2. The molecule has 1 rings (SSSR count). The van der Waals surface area contributed by atoms with Gasteiger partial charge in [0.05, 0.1) is 0 Å². The van der Waals surface area contributed by atoms with Crippen LogP contribution in [0.2, 0.25) is 0 Å². The van der Waals surface area contributed by atoms with E-state index in [-0.39, 0.29) is 6.04 Å². The number of hydrogen-bond donors (Lipinski definition) is 2. The minimum absolute atomic E-state index is 0.0191. The summed E-state index contributed by atoms with van der Waals surface area (Å²) in [5, 5.41) is 3.28. The molecule has 2 N–H and O–H groups in total. The Morgan fingerprint density at radius 1 is 1.26 bits per heavy atom. The van der Waals surface area contributed by atoms with E-state index in [0.29, 0.717) is 16.8 Å². The molecule has 1 aromatic rings. The van der Waals surface area contributed by atoms with Gasteiger partial charge >= 0.3 is 0 Å². The molecule has 0 bridgehead atoms. The van der Waals surface area contributed by atoms with Gasteiger partial charge in [0.2, 0.25) is 10.0 Å². The Labute approximate surface area is 120 Å². The van der Waals surface area contributed by atoms with E-state index in [4.69, 9.17) is 0 Å². The lowest BCUT2D eigenvalue weighted by Gasteiger charge is -2.11. The van der Waals surface area contributed by atoms with E-state index in [1.165, 1.54) is 11.3 Å². The van der Waals surface area contributed by atoms with E-state index in [1.807, 2.05) is 19.9 Å². The van der Waals surface area contributed by atoms with E-state index < -0.39 is 10.0 Å². The van der Waals surface area contributed by atoms with Crippen LogP contribution in [0.25, 0.3) is 0 Å². The Bertz CT molecular complexity index is 481. The van der Waals surface area contributed by atoms with Gasteiger partial charge in [-0.2, -0.15) is 0 Å². The Morgan fingerprint density at radius 3 is 2.53 bits per heavy atom. The summed E-state index contributed by atoms with van der Waals surface area (Å²) in [5.74, 6) is 0. The van der Waals surface area contributed by atoms with Crippen molar-refractivity contribution in [3.8, 4) is 0 Å². The first-order valence-corrected chi connectivity index (χ1v) is 8.99. The Balaban J connectivity index is 2.68. The third-order valence-corrected chi connectivity index (χ3v) is 5.83. The van der Waals surface area contributed by atoms with Crippen LogP contribution in [-0.2, 0) is 16.6 Å². The van der Waals surface area contributed by atoms with Gasteiger partial charge in [-0.25, -0.2) is 13.1 Å². The first kappa shape index (κ1) is 16.6. The lowest BCUT2D eigenvalue weighted by Crippen LogP contribution is -2.31. The Hall–Kier alpha value is -0.430. The second-order valence-electron chi connectivity index (χ2n) is 5.07. The van der Waals surface area contributed by atoms with Crippen molar-refractivity contribution in [2.75, 3.05) is 0 Å². The highest BCUT2D eigenvalue weighted by Gasteiger charge is 2.19. The molecule has 19 heavy (non-hydrogen) atoms. The van der Waals surface area contributed by atoms with Crippen LogP contribution in [0.15, 0.2) is 16.3 Å². The van der Waals surface area contributed by atoms with Crippen molar-refractivity contribution in [1.29, 1.82) is 0 Å². The molecule has 4 nitrogen and oxygen atoms in total. The van der Waals surface area contributed by atoms with E-state index in [0.717, 1.165) is 17.7 Å². The van der Waals surface area contributed by atoms with Crippen LogP contribution >= 0.6 is 11.3 Å². The fourth-order valence-corrected chi connectivity index (χ4v) is 4.32. The molecule has 6 heteroatoms. The third-order valence-electron chi connectivity index (χ3n) is 2.66. The summed E-state index contributed by atoms with van der Waals surface area (Å²) < 4.78 is 27.4. The average molecular weight is 304 g/mol. The van der Waals surface area contributed by atoms with Crippen LogP contribution in [0.1, 0.15) is 45.4 Å². The molecule has 0 aliphatic rings. The standard InChI is InChI=1S/C13H24N2O2S2/c1-5-6-11(4)15-19(16,17)13-8-7-12(18-13)9-14-10(2)3/h7-8,10-11,14-15H,5-6,9H2,1-4H3. The molecule has 0 amide bonds. The van der Waals surface area contributed by atoms with Crippen molar-refractivity contribution in [3.63, 3.8) is 0 Å². The van der Waals surface area contributed by atoms with Gasteiger partial charge in [-0.15, -0.1) is 11.3 Å². The summed E-state index contributed by atoms with van der Waals surface area (Å²) in [6, 6.07) is 3.93. The zero-order valence-electron chi connectivity index (χ0n) is 12.1. The molecule has 1 atom stereocenters. The first-order chi connectivity index (χ1) is 8.85.